The molecule has 0 amide bonds. The first-order valence-electron chi connectivity index (χ1n) is 32.7. The van der Waals surface area contributed by atoms with Crippen molar-refractivity contribution in [3.05, 3.63) is 437 Å². The molecule has 0 fully saturated rings. The highest BCUT2D eigenvalue weighted by atomic mass is 14.1. The second kappa shape index (κ2) is 40.1. The molecule has 0 aliphatic carbocycles. The van der Waals surface area contributed by atoms with Crippen molar-refractivity contribution in [2.24, 2.45) is 0 Å². The molecule has 0 spiro atoms. The Morgan fingerprint density at radius 2 is 0.277 bits per heavy atom. The molecule has 0 saturated heterocycles. The fourth-order valence-corrected chi connectivity index (χ4v) is 10.4. The van der Waals surface area contributed by atoms with Crippen LogP contribution in [0.15, 0.2) is 437 Å². The van der Waals surface area contributed by atoms with Crippen LogP contribution in [0, 0.1) is 0 Å². The second-order valence-corrected chi connectivity index (χ2v) is 21.0. The Morgan fingerprint density at radius 3 is 0.511 bits per heavy atom. The largest absolute Gasteiger partial charge is 0.0683 e. The molecule has 0 heteroatoms. The van der Waals surface area contributed by atoms with Crippen molar-refractivity contribution >= 4 is 86.2 Å². The third-order valence-corrected chi connectivity index (χ3v) is 14.9. The van der Waals surface area contributed by atoms with Gasteiger partial charge in [0.25, 0.3) is 0 Å². The van der Waals surface area contributed by atoms with Gasteiger partial charge >= 0.3 is 0 Å². The summed E-state index contributed by atoms with van der Waals surface area (Å²) >= 11 is 0. The Hall–Kier alpha value is -11.7. The maximum Gasteiger partial charge on any atom is -0.00268 e. The zero-order valence-corrected chi connectivity index (χ0v) is 54.6. The summed E-state index contributed by atoms with van der Waals surface area (Å²) in [6, 6.07) is 150. The van der Waals surface area contributed by atoms with E-state index in [1.165, 1.54) is 97.3 Å². The van der Waals surface area contributed by atoms with Gasteiger partial charge in [0.2, 0.25) is 0 Å². The van der Waals surface area contributed by atoms with Gasteiger partial charge in [-0.1, -0.05) is 452 Å². The van der Waals surface area contributed by atoms with Gasteiger partial charge in [0.05, 0.1) is 0 Å². The van der Waals surface area contributed by atoms with E-state index in [9.17, 15) is 0 Å². The van der Waals surface area contributed by atoms with Crippen molar-refractivity contribution in [3.63, 3.8) is 0 Å². The van der Waals surface area contributed by atoms with Crippen LogP contribution in [0.5, 0.6) is 0 Å². The summed E-state index contributed by atoms with van der Waals surface area (Å²) in [6.45, 7) is 8.00. The van der Waals surface area contributed by atoms with Crippen LogP contribution in [0.1, 0.15) is 27.7 Å². The van der Waals surface area contributed by atoms with E-state index >= 15 is 0 Å². The van der Waals surface area contributed by atoms with Crippen molar-refractivity contribution in [1.82, 2.24) is 0 Å². The average Bonchev–Trinajstić information content (AvgIpc) is 0.781. The van der Waals surface area contributed by atoms with Crippen molar-refractivity contribution in [1.29, 1.82) is 0 Å². The van der Waals surface area contributed by atoms with E-state index in [4.69, 9.17) is 0 Å². The summed E-state index contributed by atoms with van der Waals surface area (Å²) in [4.78, 5) is 0. The molecule has 0 bridgehead atoms. The minimum absolute atomic E-state index is 1.28. The second-order valence-electron chi connectivity index (χ2n) is 21.0. The lowest BCUT2D eigenvalue weighted by Gasteiger charge is -2.09. The van der Waals surface area contributed by atoms with E-state index in [2.05, 4.69) is 279 Å². The van der Waals surface area contributed by atoms with E-state index in [1.54, 1.807) is 0 Å². The Balaban J connectivity index is 0.000000138. The van der Waals surface area contributed by atoms with E-state index in [0.717, 1.165) is 0 Å². The lowest BCUT2D eigenvalue weighted by atomic mass is 9.95. The summed E-state index contributed by atoms with van der Waals surface area (Å²) in [5.41, 5.74) is 2.55. The van der Waals surface area contributed by atoms with Crippen LogP contribution >= 0.6 is 0 Å². The highest BCUT2D eigenvalue weighted by molar-refractivity contribution is 6.22. The Kier molecular flexibility index (Phi) is 29.1. The summed E-state index contributed by atoms with van der Waals surface area (Å²) < 4.78 is 0. The zero-order chi connectivity index (χ0) is 65.3. The van der Waals surface area contributed by atoms with Gasteiger partial charge in [0, 0.05) is 0 Å². The predicted octanol–water partition coefficient (Wildman–Crippen LogP) is 27.6. The van der Waals surface area contributed by atoms with E-state index in [-0.39, 0.29) is 0 Å². The molecule has 0 aliphatic rings. The van der Waals surface area contributed by atoms with Gasteiger partial charge in [-0.25, -0.2) is 0 Å². The van der Waals surface area contributed by atoms with E-state index < -0.39 is 0 Å². The van der Waals surface area contributed by atoms with Crippen LogP contribution in [-0.2, 0) is 0 Å². The molecule has 0 N–H and O–H groups in total. The number of hydrogen-bond acceptors (Lipinski definition) is 0. The molecule has 0 aromatic heterocycles. The normalized spacial score (nSPS) is 9.70. The molecule has 0 heterocycles. The molecule has 0 atom stereocenters. The Bertz CT molecular complexity index is 4270. The predicted molar refractivity (Wildman–Crippen MR) is 417 cm³/mol. The standard InChI is InChI=1S/C16H10.2C14H10.C12H10.C10H8.4C6H6.2C2H6/c1-3-11-7-9-13-5-2-6-14-10-8-12(4-1)15(11)16(13)14;1-3-7-13-11(5-1)9-10-12-6-2-4-8-14(12)13;1-2-6-12-10-14-8-4-3-7-13(14)9-11(12)5-1;1-3-7-11(8-4-1)12-9-5-2-6-10-12;1-2-6-10-8-4-3-7-9(10)5-1;4*1-2-4-6-5-3-1;2*1-2/h1-10H;2*1-10H;1-10H;1-8H;4*1-6H;2*1-2H3. The van der Waals surface area contributed by atoms with Gasteiger partial charge in [0.15, 0.2) is 0 Å². The van der Waals surface area contributed by atoms with Crippen LogP contribution in [0.2, 0.25) is 0 Å². The molecule has 94 heavy (non-hydrogen) atoms. The topological polar surface area (TPSA) is 0 Å². The van der Waals surface area contributed by atoms with Crippen LogP contribution in [0.3, 0.4) is 0 Å². The molecule has 0 radical (unpaired) electrons. The number of fused-ring (bicyclic) bond motifs is 6. The molecule has 0 unspecified atom stereocenters. The van der Waals surface area contributed by atoms with Gasteiger partial charge in [-0.15, -0.1) is 0 Å². The molecule has 0 saturated carbocycles. The van der Waals surface area contributed by atoms with Crippen molar-refractivity contribution in [3.8, 4) is 11.1 Å². The first-order valence-corrected chi connectivity index (χ1v) is 32.7. The van der Waals surface area contributed by atoms with Crippen LogP contribution < -0.4 is 0 Å². The number of benzene rings is 18. The maximum absolute atomic E-state index is 2.24. The van der Waals surface area contributed by atoms with Gasteiger partial charge in [-0.05, 0) is 109 Å². The highest BCUT2D eigenvalue weighted by Gasteiger charge is 2.06. The highest BCUT2D eigenvalue weighted by Crippen LogP contribution is 2.34. The number of hydrogen-bond donors (Lipinski definition) is 0. The van der Waals surface area contributed by atoms with Gasteiger partial charge in [0.1, 0.15) is 0 Å². The maximum atomic E-state index is 2.24. The molecule has 0 aliphatic heterocycles. The third-order valence-electron chi connectivity index (χ3n) is 14.9. The molecule has 0 nitrogen and oxygen atoms in total. The van der Waals surface area contributed by atoms with Crippen molar-refractivity contribution < 1.29 is 0 Å². The van der Waals surface area contributed by atoms with E-state index in [1.807, 2.05) is 185 Å². The van der Waals surface area contributed by atoms with Crippen LogP contribution in [0.4, 0.5) is 0 Å². The number of rotatable bonds is 1. The van der Waals surface area contributed by atoms with Crippen LogP contribution in [-0.4, -0.2) is 0 Å². The zero-order valence-electron chi connectivity index (χ0n) is 54.6. The van der Waals surface area contributed by atoms with Crippen molar-refractivity contribution in [2.45, 2.75) is 27.7 Å². The molecule has 460 valence electrons. The quantitative estimate of drug-likeness (QED) is 0.114. The average molecular weight is 1210 g/mol. The smallest absolute Gasteiger partial charge is 0.00268 e. The fraction of sp³-hybridized carbons (Fsp3) is 0.0426. The first-order chi connectivity index (χ1) is 46.7. The molecule has 18 aromatic rings. The van der Waals surface area contributed by atoms with Gasteiger partial charge < -0.3 is 0 Å². The summed E-state index contributed by atoms with van der Waals surface area (Å²) in [5, 5.41) is 21.3. The molecular formula is C94H84. The SMILES string of the molecule is CC.CC.c1cc2ccc3cccc4ccc(c1)c2c34.c1ccc(-c2ccccc2)cc1.c1ccc2c(c1)ccc1ccccc12.c1ccc2cc3ccccc3cc2c1.c1ccc2ccccc2c1.c1ccccc1.c1ccccc1.c1ccccc1.c1ccccc1. The first kappa shape index (κ1) is 68.2. The van der Waals surface area contributed by atoms with Crippen LogP contribution in [0.25, 0.3) is 97.3 Å². The Morgan fingerprint density at radius 1 is 0.117 bits per heavy atom. The summed E-state index contributed by atoms with van der Waals surface area (Å²) in [7, 11) is 0. The molecule has 18 aromatic carbocycles. The molecule has 18 rings (SSSR count). The summed E-state index contributed by atoms with van der Waals surface area (Å²) in [6.07, 6.45) is 0. The van der Waals surface area contributed by atoms with Crippen molar-refractivity contribution in [2.75, 3.05) is 0 Å². The minimum atomic E-state index is 1.28. The lowest BCUT2D eigenvalue weighted by molar-refractivity contribution is 1.50. The third kappa shape index (κ3) is 21.5. The minimum Gasteiger partial charge on any atom is -0.0683 e. The lowest BCUT2D eigenvalue weighted by Crippen LogP contribution is -1.82. The van der Waals surface area contributed by atoms with Gasteiger partial charge in [-0.2, -0.15) is 0 Å². The van der Waals surface area contributed by atoms with E-state index in [0.29, 0.717) is 0 Å². The molecular weight excluding hydrogens is 1130 g/mol. The monoisotopic (exact) mass is 1210 g/mol. The fourth-order valence-electron chi connectivity index (χ4n) is 10.4. The summed E-state index contributed by atoms with van der Waals surface area (Å²) in [5.74, 6) is 0. The van der Waals surface area contributed by atoms with Gasteiger partial charge in [-0.3, -0.25) is 0 Å². The Labute approximate surface area is 558 Å².